The molecular formula is C37H43BF3N7O7. The first-order valence-electron chi connectivity index (χ1n) is 18.3. The van der Waals surface area contributed by atoms with Crippen molar-refractivity contribution in [2.45, 2.75) is 102 Å². The Balaban J connectivity index is 1.16. The molecule has 3 amide bonds. The summed E-state index contributed by atoms with van der Waals surface area (Å²) in [5, 5.41) is 22.7. The lowest BCUT2D eigenvalue weighted by Crippen LogP contribution is -2.63. The minimum absolute atomic E-state index is 0.0296. The van der Waals surface area contributed by atoms with E-state index in [2.05, 4.69) is 47.0 Å². The van der Waals surface area contributed by atoms with Crippen molar-refractivity contribution in [2.24, 2.45) is 17.3 Å². The van der Waals surface area contributed by atoms with Gasteiger partial charge in [-0.15, -0.1) is 0 Å². The summed E-state index contributed by atoms with van der Waals surface area (Å²) in [6.45, 7) is 9.86. The van der Waals surface area contributed by atoms with E-state index in [4.69, 9.17) is 9.31 Å². The Hall–Kier alpha value is -4.97. The van der Waals surface area contributed by atoms with Crippen LogP contribution < -0.4 is 26.8 Å². The number of halogens is 3. The van der Waals surface area contributed by atoms with Crippen molar-refractivity contribution in [3.8, 4) is 0 Å². The fourth-order valence-electron chi connectivity index (χ4n) is 8.93. The smallest absolute Gasteiger partial charge is 0.404 e. The third kappa shape index (κ3) is 6.83. The van der Waals surface area contributed by atoms with E-state index in [1.54, 1.807) is 6.92 Å². The van der Waals surface area contributed by atoms with Crippen molar-refractivity contribution in [3.63, 3.8) is 0 Å². The fourth-order valence-corrected chi connectivity index (χ4v) is 8.93. The number of nitrogens with one attached hydrogen (secondary N) is 4. The molecular weight excluding hydrogens is 722 g/mol. The second-order valence-electron chi connectivity index (χ2n) is 16.1. The molecule has 4 fully saturated rings. The van der Waals surface area contributed by atoms with Crippen molar-refractivity contribution in [1.82, 2.24) is 20.2 Å². The molecule has 292 valence electrons. The highest BCUT2D eigenvalue weighted by atomic mass is 19.4. The number of alkyl halides is 3. The molecule has 3 heterocycles. The summed E-state index contributed by atoms with van der Waals surface area (Å²) in [4.78, 5) is 57.3. The van der Waals surface area contributed by atoms with Gasteiger partial charge in [0.1, 0.15) is 23.2 Å². The largest absolute Gasteiger partial charge is 0.481 e. The first-order valence-corrected chi connectivity index (χ1v) is 18.3. The highest BCUT2D eigenvalue weighted by Gasteiger charge is 2.67. The number of nitro groups is 1. The molecule has 2 aliphatic heterocycles. The molecule has 18 heteroatoms. The Bertz CT molecular complexity index is 2100. The summed E-state index contributed by atoms with van der Waals surface area (Å²) >= 11 is 0. The Morgan fingerprint density at radius 2 is 1.85 bits per heavy atom. The second kappa shape index (κ2) is 13.7. The predicted octanol–water partition coefficient (Wildman–Crippen LogP) is 5.93. The number of nitro benzene ring substituents is 1. The normalized spacial score (nSPS) is 28.0. The molecule has 55 heavy (non-hydrogen) atoms. The number of carbonyl (C=O) groups is 2. The van der Waals surface area contributed by atoms with Gasteiger partial charge in [-0.05, 0) is 74.1 Å². The maximum absolute atomic E-state index is 14.3. The lowest BCUT2D eigenvalue weighted by atomic mass is 9.45. The van der Waals surface area contributed by atoms with Crippen LogP contribution in [0.25, 0.3) is 0 Å². The Kier molecular flexibility index (Phi) is 9.51. The number of urea groups is 1. The van der Waals surface area contributed by atoms with Crippen LogP contribution in [0.4, 0.5) is 35.0 Å². The number of anilines is 2. The van der Waals surface area contributed by atoms with Gasteiger partial charge in [0.05, 0.1) is 39.9 Å². The van der Waals surface area contributed by atoms with Crippen molar-refractivity contribution in [3.05, 3.63) is 92.1 Å². The number of aromatic nitrogens is 2. The van der Waals surface area contributed by atoms with Gasteiger partial charge in [0.25, 0.3) is 11.2 Å². The van der Waals surface area contributed by atoms with Crippen LogP contribution in [0.1, 0.15) is 83.3 Å². The van der Waals surface area contributed by atoms with E-state index in [0.29, 0.717) is 18.3 Å². The molecule has 4 N–H and O–H groups in total. The zero-order valence-electron chi connectivity index (χ0n) is 31.0. The minimum Gasteiger partial charge on any atom is -0.404 e. The first kappa shape index (κ1) is 38.3. The summed E-state index contributed by atoms with van der Waals surface area (Å²) < 4.78 is 54.3. The highest BCUT2D eigenvalue weighted by molar-refractivity contribution is 6.47. The molecule has 7 atom stereocenters. The van der Waals surface area contributed by atoms with Crippen LogP contribution in [-0.2, 0) is 32.4 Å². The average Bonchev–Trinajstić information content (AvgIpc) is 3.64. The van der Waals surface area contributed by atoms with Crippen LogP contribution in [-0.4, -0.2) is 51.2 Å². The van der Waals surface area contributed by atoms with Gasteiger partial charge in [-0.25, -0.2) is 9.78 Å². The van der Waals surface area contributed by atoms with Gasteiger partial charge in [-0.1, -0.05) is 45.0 Å². The number of hydrogen-bond acceptors (Lipinski definition) is 9. The summed E-state index contributed by atoms with van der Waals surface area (Å²) in [7, 11) is -0.743. The third-order valence-electron chi connectivity index (χ3n) is 12.1. The molecule has 3 aromatic rings. The van der Waals surface area contributed by atoms with E-state index in [1.807, 2.05) is 6.92 Å². The molecule has 1 aromatic heterocycles. The number of carbonyl (C=O) groups excluding carboxylic acids is 2. The SMILES string of the molecule is CC[C@H](NC(=O)[C@@H]1C[C@@](C)(NC(=O)Nc2ccccc2[N+](=O)[O-])c2ncc(NCc3cccc(C(F)(F)F)c3)c(=O)n21)B1O[C@@H]2C3CC(C[C@]2(C)O1)C3(C)C. The molecule has 2 aromatic carbocycles. The number of amides is 3. The van der Waals surface area contributed by atoms with E-state index in [0.717, 1.165) is 29.5 Å². The Morgan fingerprint density at radius 3 is 2.55 bits per heavy atom. The van der Waals surface area contributed by atoms with Gasteiger partial charge in [0.2, 0.25) is 5.91 Å². The summed E-state index contributed by atoms with van der Waals surface area (Å²) in [6, 6.07) is 8.18. The summed E-state index contributed by atoms with van der Waals surface area (Å²) in [6.07, 6.45) is -1.29. The van der Waals surface area contributed by atoms with E-state index in [-0.39, 0.29) is 52.9 Å². The maximum atomic E-state index is 14.3. The fraction of sp³-hybridized carbons (Fsp3) is 0.514. The van der Waals surface area contributed by atoms with E-state index >= 15 is 0 Å². The van der Waals surface area contributed by atoms with Crippen LogP contribution in [0, 0.1) is 27.4 Å². The topological polar surface area (TPSA) is 179 Å². The number of rotatable bonds is 10. The van der Waals surface area contributed by atoms with Gasteiger partial charge in [-0.3, -0.25) is 24.3 Å². The van der Waals surface area contributed by atoms with Crippen LogP contribution >= 0.6 is 0 Å². The lowest BCUT2D eigenvalue weighted by Gasteiger charge is -2.63. The number of para-hydroxylation sites is 2. The first-order chi connectivity index (χ1) is 25.8. The van der Waals surface area contributed by atoms with Gasteiger partial charge >= 0.3 is 19.3 Å². The zero-order chi connectivity index (χ0) is 39.7. The van der Waals surface area contributed by atoms with Crippen LogP contribution in [0.15, 0.2) is 59.5 Å². The van der Waals surface area contributed by atoms with Crippen molar-refractivity contribution in [2.75, 3.05) is 10.6 Å². The number of hydrogen-bond donors (Lipinski definition) is 4. The lowest BCUT2D eigenvalue weighted by molar-refractivity contribution is -0.383. The van der Waals surface area contributed by atoms with Gasteiger partial charge in [0.15, 0.2) is 0 Å². The standard InChI is InChI=1S/C37H43BF3N7O7/c1-6-28(38-54-29-23-15-22(34(23,2)3)16-36(29,5)55-38)45-30(49)27-17-35(4,46-33(51)44-24-12-7-8-13-26(24)48(52)53)32-43-19-25(31(50)47(27)32)42-18-20-10-9-11-21(14-20)37(39,40)41/h7-14,19,22-23,27-29,42H,6,15-18H2,1-5H3,(H,45,49)(H2,44,46,51)/t22?,23?,27-,28-,29+,35+,36-/m0/s1. The maximum Gasteiger partial charge on any atom is 0.481 e. The molecule has 8 rings (SSSR count). The Labute approximate surface area is 315 Å². The molecule has 0 spiro atoms. The monoisotopic (exact) mass is 765 g/mol. The van der Waals surface area contributed by atoms with E-state index in [9.17, 15) is 37.7 Å². The molecule has 2 bridgehead atoms. The highest BCUT2D eigenvalue weighted by Crippen LogP contribution is 2.64. The minimum atomic E-state index is -4.56. The number of benzene rings is 2. The number of fused-ring (bicyclic) bond motifs is 1. The summed E-state index contributed by atoms with van der Waals surface area (Å²) in [5.41, 5.74) is -3.59. The van der Waals surface area contributed by atoms with Gasteiger partial charge in [-0.2, -0.15) is 13.2 Å². The van der Waals surface area contributed by atoms with E-state index < -0.39 is 64.4 Å². The van der Waals surface area contributed by atoms with Gasteiger partial charge < -0.3 is 30.6 Å². The molecule has 14 nitrogen and oxygen atoms in total. The van der Waals surface area contributed by atoms with Crippen molar-refractivity contribution >= 4 is 36.1 Å². The number of nitrogens with zero attached hydrogens (tertiary/aromatic N) is 3. The Morgan fingerprint density at radius 1 is 1.11 bits per heavy atom. The quantitative estimate of drug-likeness (QED) is 0.111. The molecule has 1 saturated heterocycles. The van der Waals surface area contributed by atoms with Crippen LogP contribution in [0.5, 0.6) is 0 Å². The van der Waals surface area contributed by atoms with Crippen LogP contribution in [0.3, 0.4) is 0 Å². The average molecular weight is 766 g/mol. The molecule has 3 aliphatic carbocycles. The molecule has 3 saturated carbocycles. The van der Waals surface area contributed by atoms with E-state index in [1.165, 1.54) is 42.6 Å². The third-order valence-corrected chi connectivity index (χ3v) is 12.1. The molecule has 0 radical (unpaired) electrons. The van der Waals surface area contributed by atoms with Crippen molar-refractivity contribution in [1.29, 1.82) is 0 Å². The van der Waals surface area contributed by atoms with Crippen molar-refractivity contribution < 1.29 is 37.0 Å². The zero-order valence-corrected chi connectivity index (χ0v) is 31.0. The predicted molar refractivity (Wildman–Crippen MR) is 196 cm³/mol. The second-order valence-corrected chi connectivity index (χ2v) is 16.1. The molecule has 2 unspecified atom stereocenters. The summed E-state index contributed by atoms with van der Waals surface area (Å²) in [5.74, 6) is -0.295. The molecule has 5 aliphatic rings. The van der Waals surface area contributed by atoms with Crippen LogP contribution in [0.2, 0.25) is 0 Å². The van der Waals surface area contributed by atoms with Gasteiger partial charge in [0, 0.05) is 19.0 Å².